The Morgan fingerprint density at radius 3 is 2.90 bits per heavy atom. The summed E-state index contributed by atoms with van der Waals surface area (Å²) >= 11 is 2.97. The first-order valence-corrected chi connectivity index (χ1v) is 8.53. The van der Waals surface area contributed by atoms with E-state index < -0.39 is 0 Å². The Labute approximate surface area is 127 Å². The summed E-state index contributed by atoms with van der Waals surface area (Å²) < 4.78 is 0.841. The Hall–Kier alpha value is -1.08. The number of nitrogens with zero attached hydrogens (tertiary/aromatic N) is 3. The second-order valence-electron chi connectivity index (χ2n) is 4.95. The van der Waals surface area contributed by atoms with E-state index in [1.165, 1.54) is 35.9 Å². The average molecular weight is 312 g/mol. The summed E-state index contributed by atoms with van der Waals surface area (Å²) in [5.74, 6) is 0.520. The van der Waals surface area contributed by atoms with Crippen LogP contribution in [0.15, 0.2) is 16.5 Å². The van der Waals surface area contributed by atoms with Crippen molar-refractivity contribution in [2.24, 2.45) is 0 Å². The van der Waals surface area contributed by atoms with Crippen molar-refractivity contribution in [2.45, 2.75) is 37.1 Å². The molecule has 7 heteroatoms. The minimum atomic E-state index is 0.118. The van der Waals surface area contributed by atoms with Gasteiger partial charge < -0.3 is 10.2 Å². The quantitative estimate of drug-likeness (QED) is 0.591. The van der Waals surface area contributed by atoms with Crippen LogP contribution < -0.4 is 5.32 Å². The lowest BCUT2D eigenvalue weighted by atomic mass is 10.3. The lowest BCUT2D eigenvalue weighted by molar-refractivity contribution is -0.127. The smallest absolute Gasteiger partial charge is 0.233 e. The average Bonchev–Trinajstić information content (AvgIpc) is 3.10. The van der Waals surface area contributed by atoms with Crippen LogP contribution in [-0.2, 0) is 4.79 Å². The number of aromatic nitrogens is 2. The molecule has 0 saturated heterocycles. The van der Waals surface area contributed by atoms with Crippen LogP contribution >= 0.6 is 23.1 Å². The van der Waals surface area contributed by atoms with Gasteiger partial charge in [-0.3, -0.25) is 4.79 Å². The fraction of sp³-hybridized carbons (Fsp3) is 0.615. The molecule has 0 aromatic carbocycles. The van der Waals surface area contributed by atoms with Gasteiger partial charge in [0.2, 0.25) is 11.0 Å². The molecule has 0 bridgehead atoms. The summed E-state index contributed by atoms with van der Waals surface area (Å²) in [7, 11) is 0. The topological polar surface area (TPSA) is 58.1 Å². The van der Waals surface area contributed by atoms with E-state index in [-0.39, 0.29) is 5.91 Å². The fourth-order valence-corrected chi connectivity index (χ4v) is 3.38. The maximum atomic E-state index is 12.1. The zero-order valence-corrected chi connectivity index (χ0v) is 13.5. The summed E-state index contributed by atoms with van der Waals surface area (Å²) in [6, 6.07) is 0.577. The lowest BCUT2D eigenvalue weighted by Gasteiger charge is -2.20. The number of anilines is 1. The standard InChI is InChI=1S/C13H20N4OS2/c1-4-17(7-9(2)3)11(18)8-19-13-16-15-12(20-13)14-10-5-6-10/h10H,2,4-8H2,1,3H3,(H,14,15). The van der Waals surface area contributed by atoms with Crippen molar-refractivity contribution in [2.75, 3.05) is 24.2 Å². The van der Waals surface area contributed by atoms with Crippen molar-refractivity contribution in [1.29, 1.82) is 0 Å². The molecular formula is C13H20N4OS2. The third kappa shape index (κ3) is 4.79. The number of likely N-dealkylation sites (N-methyl/N-ethyl adjacent to an activating group) is 1. The molecule has 1 aromatic rings. The van der Waals surface area contributed by atoms with Crippen molar-refractivity contribution in [3.8, 4) is 0 Å². The van der Waals surface area contributed by atoms with Gasteiger partial charge in [-0.25, -0.2) is 0 Å². The molecule has 0 spiro atoms. The second-order valence-corrected chi connectivity index (χ2v) is 7.15. The molecule has 1 amide bonds. The van der Waals surface area contributed by atoms with Gasteiger partial charge in [0.25, 0.3) is 0 Å². The van der Waals surface area contributed by atoms with Gasteiger partial charge in [0.15, 0.2) is 4.34 Å². The number of carbonyl (C=O) groups is 1. The highest BCUT2D eigenvalue weighted by Gasteiger charge is 2.22. The molecule has 0 aliphatic heterocycles. The predicted molar refractivity (Wildman–Crippen MR) is 84.3 cm³/mol. The van der Waals surface area contributed by atoms with Gasteiger partial charge in [0.05, 0.1) is 5.75 Å². The maximum Gasteiger partial charge on any atom is 0.233 e. The van der Waals surface area contributed by atoms with Crippen LogP contribution in [-0.4, -0.2) is 45.9 Å². The number of hydrogen-bond donors (Lipinski definition) is 1. The van der Waals surface area contributed by atoms with E-state index in [0.29, 0.717) is 24.9 Å². The molecule has 1 N–H and O–H groups in total. The summed E-state index contributed by atoms with van der Waals surface area (Å²) in [6.45, 7) is 9.10. The van der Waals surface area contributed by atoms with Crippen LogP contribution in [0.2, 0.25) is 0 Å². The monoisotopic (exact) mass is 312 g/mol. The molecule has 1 heterocycles. The van der Waals surface area contributed by atoms with Gasteiger partial charge in [0.1, 0.15) is 0 Å². The number of hydrogen-bond acceptors (Lipinski definition) is 6. The van der Waals surface area contributed by atoms with Crippen LogP contribution in [0.4, 0.5) is 5.13 Å². The highest BCUT2D eigenvalue weighted by molar-refractivity contribution is 8.01. The maximum absolute atomic E-state index is 12.1. The summed E-state index contributed by atoms with van der Waals surface area (Å²) in [4.78, 5) is 13.9. The minimum absolute atomic E-state index is 0.118. The normalized spacial score (nSPS) is 14.1. The lowest BCUT2D eigenvalue weighted by Crippen LogP contribution is -2.33. The fourth-order valence-electron chi connectivity index (χ4n) is 1.65. The molecule has 1 aliphatic carbocycles. The van der Waals surface area contributed by atoms with Crippen molar-refractivity contribution in [3.63, 3.8) is 0 Å². The highest BCUT2D eigenvalue weighted by atomic mass is 32.2. The summed E-state index contributed by atoms with van der Waals surface area (Å²) in [5.41, 5.74) is 0.997. The Morgan fingerprint density at radius 1 is 1.55 bits per heavy atom. The van der Waals surface area contributed by atoms with Crippen LogP contribution in [0.5, 0.6) is 0 Å². The number of carbonyl (C=O) groups excluding carboxylic acids is 1. The third-order valence-electron chi connectivity index (χ3n) is 2.83. The van der Waals surface area contributed by atoms with Gasteiger partial charge in [0, 0.05) is 19.1 Å². The van der Waals surface area contributed by atoms with Crippen molar-refractivity contribution >= 4 is 34.1 Å². The van der Waals surface area contributed by atoms with Crippen LogP contribution in [0.25, 0.3) is 0 Å². The van der Waals surface area contributed by atoms with Crippen molar-refractivity contribution in [1.82, 2.24) is 15.1 Å². The predicted octanol–water partition coefficient (Wildman–Crippen LogP) is 2.63. The largest absolute Gasteiger partial charge is 0.357 e. The first kappa shape index (κ1) is 15.3. The van der Waals surface area contributed by atoms with E-state index in [9.17, 15) is 4.79 Å². The number of rotatable bonds is 8. The van der Waals surface area contributed by atoms with Crippen LogP contribution in [0.1, 0.15) is 26.7 Å². The van der Waals surface area contributed by atoms with E-state index in [0.717, 1.165) is 15.0 Å². The number of amides is 1. The molecule has 0 radical (unpaired) electrons. The molecule has 5 nitrogen and oxygen atoms in total. The van der Waals surface area contributed by atoms with Crippen molar-refractivity contribution < 1.29 is 4.79 Å². The molecule has 1 fully saturated rings. The third-order valence-corrected chi connectivity index (χ3v) is 4.80. The molecule has 0 atom stereocenters. The van der Waals surface area contributed by atoms with E-state index in [2.05, 4.69) is 22.1 Å². The number of thioether (sulfide) groups is 1. The summed E-state index contributed by atoms with van der Waals surface area (Å²) in [5, 5.41) is 12.3. The molecule has 0 unspecified atom stereocenters. The SMILES string of the molecule is C=C(C)CN(CC)C(=O)CSc1nnc(NC2CC2)s1. The van der Waals surface area contributed by atoms with Gasteiger partial charge in [-0.05, 0) is 26.7 Å². The van der Waals surface area contributed by atoms with Gasteiger partial charge >= 0.3 is 0 Å². The second kappa shape index (κ2) is 7.08. The van der Waals surface area contributed by atoms with E-state index in [4.69, 9.17) is 0 Å². The van der Waals surface area contributed by atoms with Gasteiger partial charge in [-0.1, -0.05) is 35.3 Å². The number of nitrogens with one attached hydrogen (secondary N) is 1. The Kier molecular flexibility index (Phi) is 5.42. The molecule has 2 rings (SSSR count). The Balaban J connectivity index is 1.79. The minimum Gasteiger partial charge on any atom is -0.357 e. The van der Waals surface area contributed by atoms with Gasteiger partial charge in [-0.2, -0.15) is 0 Å². The van der Waals surface area contributed by atoms with Crippen LogP contribution in [0, 0.1) is 0 Å². The highest BCUT2D eigenvalue weighted by Crippen LogP contribution is 2.30. The first-order chi connectivity index (χ1) is 9.58. The zero-order chi connectivity index (χ0) is 14.5. The molecule has 110 valence electrons. The Bertz CT molecular complexity index is 484. The van der Waals surface area contributed by atoms with Gasteiger partial charge in [-0.15, -0.1) is 10.2 Å². The van der Waals surface area contributed by atoms with Crippen LogP contribution in [0.3, 0.4) is 0 Å². The first-order valence-electron chi connectivity index (χ1n) is 6.73. The molecule has 1 saturated carbocycles. The molecule has 20 heavy (non-hydrogen) atoms. The molecule has 1 aliphatic rings. The summed E-state index contributed by atoms with van der Waals surface area (Å²) in [6.07, 6.45) is 2.43. The Morgan fingerprint density at radius 2 is 2.30 bits per heavy atom. The van der Waals surface area contributed by atoms with Crippen molar-refractivity contribution in [3.05, 3.63) is 12.2 Å². The van der Waals surface area contributed by atoms with E-state index in [1.807, 2.05) is 13.8 Å². The van der Waals surface area contributed by atoms with E-state index in [1.54, 1.807) is 4.90 Å². The molecular weight excluding hydrogens is 292 g/mol. The zero-order valence-electron chi connectivity index (χ0n) is 11.9. The van der Waals surface area contributed by atoms with E-state index >= 15 is 0 Å². The molecule has 1 aromatic heterocycles.